The maximum atomic E-state index is 12.4. The first-order valence-electron chi connectivity index (χ1n) is 7.23. The zero-order valence-corrected chi connectivity index (χ0v) is 13.1. The molecule has 1 saturated heterocycles. The maximum absolute atomic E-state index is 12.4. The number of nitrogens with zero attached hydrogens (tertiary/aromatic N) is 3. The summed E-state index contributed by atoms with van der Waals surface area (Å²) in [6, 6.07) is -0.326. The number of aliphatic hydroxyl groups excluding tert-OH is 1. The Labute approximate surface area is 124 Å². The summed E-state index contributed by atoms with van der Waals surface area (Å²) in [4.78, 5) is 14.4. The van der Waals surface area contributed by atoms with Crippen molar-refractivity contribution in [2.45, 2.75) is 39.5 Å². The summed E-state index contributed by atoms with van der Waals surface area (Å²) in [7, 11) is 1.83. The van der Waals surface area contributed by atoms with E-state index in [4.69, 9.17) is 4.74 Å². The smallest absolute Gasteiger partial charge is 0.245 e. The summed E-state index contributed by atoms with van der Waals surface area (Å²) in [5.74, 6) is 0.731. The van der Waals surface area contributed by atoms with Gasteiger partial charge in [-0.15, -0.1) is 0 Å². The van der Waals surface area contributed by atoms with E-state index < -0.39 is 6.04 Å². The summed E-state index contributed by atoms with van der Waals surface area (Å²) in [5.41, 5.74) is 1.55. The second kappa shape index (κ2) is 6.44. The van der Waals surface area contributed by atoms with Crippen molar-refractivity contribution in [3.63, 3.8) is 0 Å². The molecule has 1 aromatic heterocycles. The first-order valence-corrected chi connectivity index (χ1v) is 7.23. The van der Waals surface area contributed by atoms with Crippen LogP contribution in [-0.2, 0) is 23.2 Å². The molecule has 1 amide bonds. The van der Waals surface area contributed by atoms with Crippen LogP contribution in [0, 0.1) is 6.92 Å². The Balaban J connectivity index is 2.33. The highest BCUT2D eigenvalue weighted by atomic mass is 16.5. The van der Waals surface area contributed by atoms with Crippen LogP contribution in [0.1, 0.15) is 25.1 Å². The van der Waals surface area contributed by atoms with E-state index in [1.54, 1.807) is 4.68 Å². The fraction of sp³-hybridized carbons (Fsp3) is 0.714. The van der Waals surface area contributed by atoms with E-state index in [1.807, 2.05) is 32.7 Å². The highest BCUT2D eigenvalue weighted by Crippen LogP contribution is 2.26. The van der Waals surface area contributed by atoms with Crippen molar-refractivity contribution >= 4 is 11.7 Å². The van der Waals surface area contributed by atoms with Crippen LogP contribution in [0.4, 0.5) is 5.82 Å². The van der Waals surface area contributed by atoms with Gasteiger partial charge in [-0.3, -0.25) is 9.48 Å². The van der Waals surface area contributed by atoms with Gasteiger partial charge < -0.3 is 20.1 Å². The van der Waals surface area contributed by atoms with E-state index in [0.29, 0.717) is 19.8 Å². The number of rotatable bonds is 4. The Kier molecular flexibility index (Phi) is 4.84. The van der Waals surface area contributed by atoms with Gasteiger partial charge in [0.15, 0.2) is 0 Å². The summed E-state index contributed by atoms with van der Waals surface area (Å²) in [6.07, 6.45) is 0. The van der Waals surface area contributed by atoms with Crippen LogP contribution in [0.2, 0.25) is 0 Å². The number of aryl methyl sites for hydroxylation is 2. The van der Waals surface area contributed by atoms with Gasteiger partial charge in [-0.2, -0.15) is 5.10 Å². The number of hydrogen-bond acceptors (Lipinski definition) is 5. The van der Waals surface area contributed by atoms with Crippen LogP contribution in [0.15, 0.2) is 0 Å². The molecular weight excluding hydrogens is 272 g/mol. The molecule has 1 aliphatic rings. The summed E-state index contributed by atoms with van der Waals surface area (Å²) in [6.45, 7) is 7.12. The molecule has 2 rings (SSSR count). The number of carbonyl (C=O) groups excluding carboxylic acids is 1. The molecule has 7 heteroatoms. The lowest BCUT2D eigenvalue weighted by Gasteiger charge is -2.36. The average Bonchev–Trinajstić information content (AvgIpc) is 2.71. The van der Waals surface area contributed by atoms with E-state index in [0.717, 1.165) is 17.1 Å². The molecule has 0 aromatic carbocycles. The van der Waals surface area contributed by atoms with Gasteiger partial charge >= 0.3 is 0 Å². The highest BCUT2D eigenvalue weighted by molar-refractivity contribution is 5.85. The van der Waals surface area contributed by atoms with Crippen LogP contribution < -0.4 is 10.2 Å². The SMILES string of the molecule is Cc1nn(C)c(N2CCOCC2C(=O)NC(C)C)c1CO. The van der Waals surface area contributed by atoms with E-state index >= 15 is 0 Å². The minimum Gasteiger partial charge on any atom is -0.391 e. The molecule has 1 aromatic rings. The second-order valence-electron chi connectivity index (χ2n) is 5.62. The Bertz CT molecular complexity index is 513. The number of hydrogen-bond donors (Lipinski definition) is 2. The fourth-order valence-corrected chi connectivity index (χ4v) is 2.69. The van der Waals surface area contributed by atoms with Crippen molar-refractivity contribution in [2.75, 3.05) is 24.7 Å². The van der Waals surface area contributed by atoms with Gasteiger partial charge in [0, 0.05) is 25.2 Å². The summed E-state index contributed by atoms with van der Waals surface area (Å²) >= 11 is 0. The normalized spacial score (nSPS) is 19.1. The quantitative estimate of drug-likeness (QED) is 0.814. The number of aliphatic hydroxyl groups is 1. The van der Waals surface area contributed by atoms with E-state index in [9.17, 15) is 9.90 Å². The number of nitrogens with one attached hydrogen (secondary N) is 1. The molecule has 21 heavy (non-hydrogen) atoms. The van der Waals surface area contributed by atoms with E-state index in [-0.39, 0.29) is 18.6 Å². The van der Waals surface area contributed by atoms with Crippen LogP contribution in [0.3, 0.4) is 0 Å². The molecule has 118 valence electrons. The number of morpholine rings is 1. The van der Waals surface area contributed by atoms with Crippen LogP contribution in [0.25, 0.3) is 0 Å². The minimum absolute atomic E-state index is 0.0626. The molecule has 1 aliphatic heterocycles. The molecular formula is C14H24N4O3. The van der Waals surface area contributed by atoms with Crippen molar-refractivity contribution < 1.29 is 14.6 Å². The van der Waals surface area contributed by atoms with Gasteiger partial charge in [-0.25, -0.2) is 0 Å². The Morgan fingerprint density at radius 3 is 2.90 bits per heavy atom. The van der Waals surface area contributed by atoms with Gasteiger partial charge in [0.25, 0.3) is 0 Å². The molecule has 0 saturated carbocycles. The highest BCUT2D eigenvalue weighted by Gasteiger charge is 2.33. The molecule has 0 spiro atoms. The largest absolute Gasteiger partial charge is 0.391 e. The number of anilines is 1. The molecule has 0 bridgehead atoms. The number of ether oxygens (including phenoxy) is 1. The standard InChI is InChI=1S/C14H24N4O3/c1-9(2)15-13(20)12-8-21-6-5-18(12)14-11(7-19)10(3)16-17(14)4/h9,12,19H,5-8H2,1-4H3,(H,15,20). The Morgan fingerprint density at radius 2 is 2.29 bits per heavy atom. The summed E-state index contributed by atoms with van der Waals surface area (Å²) in [5, 5.41) is 16.9. The van der Waals surface area contributed by atoms with Gasteiger partial charge in [0.1, 0.15) is 11.9 Å². The lowest BCUT2D eigenvalue weighted by atomic mass is 10.1. The van der Waals surface area contributed by atoms with Gasteiger partial charge in [0.2, 0.25) is 5.91 Å². The monoisotopic (exact) mass is 296 g/mol. The molecule has 1 fully saturated rings. The molecule has 2 N–H and O–H groups in total. The summed E-state index contributed by atoms with van der Waals surface area (Å²) < 4.78 is 7.19. The molecule has 2 heterocycles. The predicted molar refractivity (Wildman–Crippen MR) is 79.1 cm³/mol. The third-order valence-corrected chi connectivity index (χ3v) is 3.61. The first kappa shape index (κ1) is 15.8. The third kappa shape index (κ3) is 3.19. The lowest BCUT2D eigenvalue weighted by Crippen LogP contribution is -2.55. The zero-order chi connectivity index (χ0) is 15.6. The van der Waals surface area contributed by atoms with Crippen LogP contribution in [-0.4, -0.2) is 52.6 Å². The maximum Gasteiger partial charge on any atom is 0.245 e. The minimum atomic E-state index is -0.402. The van der Waals surface area contributed by atoms with Crippen LogP contribution >= 0.6 is 0 Å². The van der Waals surface area contributed by atoms with E-state index in [2.05, 4.69) is 10.4 Å². The van der Waals surface area contributed by atoms with Gasteiger partial charge in [0.05, 0.1) is 25.5 Å². The molecule has 1 unspecified atom stereocenters. The topological polar surface area (TPSA) is 79.6 Å². The van der Waals surface area contributed by atoms with E-state index in [1.165, 1.54) is 0 Å². The number of aromatic nitrogens is 2. The molecule has 0 aliphatic carbocycles. The molecule has 1 atom stereocenters. The average molecular weight is 296 g/mol. The molecule has 0 radical (unpaired) electrons. The van der Waals surface area contributed by atoms with Crippen molar-refractivity contribution in [1.29, 1.82) is 0 Å². The predicted octanol–water partition coefficient (Wildman–Crippen LogP) is -0.0494. The zero-order valence-electron chi connectivity index (χ0n) is 13.1. The van der Waals surface area contributed by atoms with Crippen molar-refractivity contribution in [2.24, 2.45) is 7.05 Å². The first-order chi connectivity index (χ1) is 9.95. The van der Waals surface area contributed by atoms with Crippen molar-refractivity contribution in [3.8, 4) is 0 Å². The fourth-order valence-electron chi connectivity index (χ4n) is 2.69. The Morgan fingerprint density at radius 1 is 1.57 bits per heavy atom. The molecule has 7 nitrogen and oxygen atoms in total. The second-order valence-corrected chi connectivity index (χ2v) is 5.62. The van der Waals surface area contributed by atoms with Gasteiger partial charge in [-0.05, 0) is 20.8 Å². The Hall–Kier alpha value is -1.60. The van der Waals surface area contributed by atoms with Crippen molar-refractivity contribution in [1.82, 2.24) is 15.1 Å². The lowest BCUT2D eigenvalue weighted by molar-refractivity contribution is -0.125. The number of amides is 1. The van der Waals surface area contributed by atoms with Crippen molar-refractivity contribution in [3.05, 3.63) is 11.3 Å². The van der Waals surface area contributed by atoms with Gasteiger partial charge in [-0.1, -0.05) is 0 Å². The number of carbonyl (C=O) groups is 1. The van der Waals surface area contributed by atoms with Crippen LogP contribution in [0.5, 0.6) is 0 Å². The third-order valence-electron chi connectivity index (χ3n) is 3.61.